The molecule has 3 rings (SSSR count). The molecule has 0 aliphatic rings. The fraction of sp³-hybridized carbons (Fsp3) is 0.375. The van der Waals surface area contributed by atoms with Gasteiger partial charge in [-0.25, -0.2) is 8.42 Å². The van der Waals surface area contributed by atoms with Gasteiger partial charge in [0.1, 0.15) is 24.1 Å². The molecule has 0 spiro atoms. The number of benzene rings is 3. The Morgan fingerprint density at radius 1 is 0.929 bits per heavy atom. The van der Waals surface area contributed by atoms with Gasteiger partial charge in [0.05, 0.1) is 26.2 Å². The van der Waals surface area contributed by atoms with E-state index in [4.69, 9.17) is 9.47 Å². The van der Waals surface area contributed by atoms with Gasteiger partial charge in [-0.3, -0.25) is 13.9 Å². The van der Waals surface area contributed by atoms with E-state index >= 15 is 0 Å². The molecule has 0 aliphatic carbocycles. The molecule has 2 amide bonds. The van der Waals surface area contributed by atoms with Crippen LogP contribution in [0.4, 0.5) is 5.69 Å². The molecule has 1 atom stereocenters. The largest absolute Gasteiger partial charge is 0.497 e. The summed E-state index contributed by atoms with van der Waals surface area (Å²) in [5.41, 5.74) is 2.29. The number of amides is 2. The topological polar surface area (TPSA) is 105 Å². The molecular formula is C32H41N3O6S. The third-order valence-corrected chi connectivity index (χ3v) is 7.83. The van der Waals surface area contributed by atoms with Crippen LogP contribution in [0.5, 0.6) is 11.5 Å². The van der Waals surface area contributed by atoms with Crippen LogP contribution in [-0.4, -0.2) is 63.7 Å². The maximum absolute atomic E-state index is 14.3. The molecule has 0 heterocycles. The minimum atomic E-state index is -3.95. The Morgan fingerprint density at radius 3 is 2.14 bits per heavy atom. The average Bonchev–Trinajstić information content (AvgIpc) is 2.93. The Kier molecular flexibility index (Phi) is 10.6. The number of carbonyl (C=O) groups excluding carboxylic acids is 2. The van der Waals surface area contributed by atoms with Crippen LogP contribution in [0.25, 0.3) is 0 Å². The second kappa shape index (κ2) is 13.7. The van der Waals surface area contributed by atoms with Crippen LogP contribution in [-0.2, 0) is 32.6 Å². The van der Waals surface area contributed by atoms with Crippen LogP contribution in [0.1, 0.15) is 37.5 Å². The van der Waals surface area contributed by atoms with Gasteiger partial charge in [0.25, 0.3) is 0 Å². The summed E-state index contributed by atoms with van der Waals surface area (Å²) in [5.74, 6) is -0.171. The Morgan fingerprint density at radius 2 is 1.57 bits per heavy atom. The Bertz CT molecular complexity index is 1490. The highest BCUT2D eigenvalue weighted by molar-refractivity contribution is 7.92. The first-order valence-corrected chi connectivity index (χ1v) is 15.5. The lowest BCUT2D eigenvalue weighted by atomic mass is 10.00. The Balaban J connectivity index is 2.12. The number of aryl methyl sites for hydroxylation is 1. The predicted octanol–water partition coefficient (Wildman–Crippen LogP) is 4.33. The number of sulfonamides is 1. The first-order valence-electron chi connectivity index (χ1n) is 13.6. The van der Waals surface area contributed by atoms with Crippen molar-refractivity contribution in [3.8, 4) is 11.5 Å². The number of carbonyl (C=O) groups is 2. The van der Waals surface area contributed by atoms with Gasteiger partial charge in [-0.05, 0) is 56.5 Å². The third-order valence-electron chi connectivity index (χ3n) is 6.71. The number of nitrogens with one attached hydrogen (secondary N) is 1. The number of ether oxygens (including phenoxy) is 2. The summed E-state index contributed by atoms with van der Waals surface area (Å²) >= 11 is 0. The first-order chi connectivity index (χ1) is 19.7. The third kappa shape index (κ3) is 8.72. The van der Waals surface area contributed by atoms with E-state index in [0.717, 1.165) is 27.3 Å². The van der Waals surface area contributed by atoms with Gasteiger partial charge in [-0.2, -0.15) is 0 Å². The van der Waals surface area contributed by atoms with E-state index in [1.165, 1.54) is 25.2 Å². The lowest BCUT2D eigenvalue weighted by Crippen LogP contribution is -2.56. The first kappa shape index (κ1) is 32.5. The zero-order chi connectivity index (χ0) is 31.1. The molecule has 1 N–H and O–H groups in total. The predicted molar refractivity (Wildman–Crippen MR) is 165 cm³/mol. The molecule has 10 heteroatoms. The van der Waals surface area contributed by atoms with Crippen LogP contribution < -0.4 is 19.1 Å². The average molecular weight is 596 g/mol. The van der Waals surface area contributed by atoms with Crippen molar-refractivity contribution in [1.82, 2.24) is 10.2 Å². The van der Waals surface area contributed by atoms with Crippen molar-refractivity contribution in [2.45, 2.75) is 52.2 Å². The van der Waals surface area contributed by atoms with Crippen LogP contribution in [0.3, 0.4) is 0 Å². The number of anilines is 1. The van der Waals surface area contributed by atoms with Crippen molar-refractivity contribution >= 4 is 27.5 Å². The van der Waals surface area contributed by atoms with Crippen molar-refractivity contribution < 1.29 is 27.5 Å². The molecule has 0 saturated carbocycles. The number of methoxy groups -OCH3 is 2. The lowest BCUT2D eigenvalue weighted by molar-refractivity contribution is -0.140. The molecule has 0 aliphatic heterocycles. The van der Waals surface area contributed by atoms with Gasteiger partial charge >= 0.3 is 0 Å². The molecule has 42 heavy (non-hydrogen) atoms. The highest BCUT2D eigenvalue weighted by atomic mass is 32.2. The molecule has 0 saturated heterocycles. The number of rotatable bonds is 12. The fourth-order valence-electron chi connectivity index (χ4n) is 4.56. The van der Waals surface area contributed by atoms with E-state index in [9.17, 15) is 18.0 Å². The quantitative estimate of drug-likeness (QED) is 0.334. The van der Waals surface area contributed by atoms with E-state index in [0.29, 0.717) is 5.75 Å². The summed E-state index contributed by atoms with van der Waals surface area (Å²) in [5, 5.41) is 3.02. The van der Waals surface area contributed by atoms with Gasteiger partial charge in [0.2, 0.25) is 21.8 Å². The monoisotopic (exact) mass is 595 g/mol. The van der Waals surface area contributed by atoms with E-state index in [-0.39, 0.29) is 30.3 Å². The SMILES string of the molecule is COc1ccc(N(CC(=O)N(Cc2ccccc2C)[C@H](Cc2ccccc2)C(=O)NC(C)(C)C)S(C)(=O)=O)c(OC)c1. The summed E-state index contributed by atoms with van der Waals surface area (Å²) in [4.78, 5) is 29.6. The van der Waals surface area contributed by atoms with Crippen LogP contribution >= 0.6 is 0 Å². The van der Waals surface area contributed by atoms with E-state index < -0.39 is 34.1 Å². The van der Waals surface area contributed by atoms with Gasteiger partial charge in [-0.15, -0.1) is 0 Å². The molecule has 3 aromatic carbocycles. The smallest absolute Gasteiger partial charge is 0.244 e. The molecule has 0 fully saturated rings. The van der Waals surface area contributed by atoms with Crippen LogP contribution in [0, 0.1) is 6.92 Å². The van der Waals surface area contributed by atoms with Crippen molar-refractivity contribution in [2.24, 2.45) is 0 Å². The Labute approximate surface area is 249 Å². The van der Waals surface area contributed by atoms with Crippen molar-refractivity contribution in [2.75, 3.05) is 31.3 Å². The maximum atomic E-state index is 14.3. The molecule has 226 valence electrons. The molecule has 9 nitrogen and oxygen atoms in total. The number of hydrogen-bond acceptors (Lipinski definition) is 6. The molecular weight excluding hydrogens is 554 g/mol. The van der Waals surface area contributed by atoms with E-state index in [1.54, 1.807) is 12.1 Å². The van der Waals surface area contributed by atoms with Gasteiger partial charge < -0.3 is 19.7 Å². The molecule has 0 radical (unpaired) electrons. The van der Waals surface area contributed by atoms with Crippen molar-refractivity contribution in [1.29, 1.82) is 0 Å². The molecule has 0 aromatic heterocycles. The van der Waals surface area contributed by atoms with Crippen LogP contribution in [0.2, 0.25) is 0 Å². The van der Waals surface area contributed by atoms with Gasteiger partial charge in [-0.1, -0.05) is 54.6 Å². The van der Waals surface area contributed by atoms with Gasteiger partial charge in [0.15, 0.2) is 0 Å². The second-order valence-corrected chi connectivity index (χ2v) is 13.1. The van der Waals surface area contributed by atoms with E-state index in [2.05, 4.69) is 5.32 Å². The minimum Gasteiger partial charge on any atom is -0.497 e. The fourth-order valence-corrected chi connectivity index (χ4v) is 5.42. The summed E-state index contributed by atoms with van der Waals surface area (Å²) in [6.45, 7) is 7.13. The Hall–Kier alpha value is -4.05. The number of nitrogens with zero attached hydrogens (tertiary/aromatic N) is 2. The normalized spacial score (nSPS) is 12.3. The molecule has 0 unspecified atom stereocenters. The second-order valence-electron chi connectivity index (χ2n) is 11.2. The van der Waals surface area contributed by atoms with Crippen molar-refractivity contribution in [3.05, 3.63) is 89.5 Å². The molecule has 0 bridgehead atoms. The number of hydrogen-bond donors (Lipinski definition) is 1. The summed E-state index contributed by atoms with van der Waals surface area (Å²) in [6, 6.07) is 20.8. The zero-order valence-electron chi connectivity index (χ0n) is 25.4. The standard InChI is InChI=1S/C32H41N3O6S/c1-23-13-11-12-16-25(23)21-34(28(31(37)33-32(2,3)4)19-24-14-9-8-10-15-24)30(36)22-35(42(7,38)39)27-18-17-26(40-5)20-29(27)41-6/h8-18,20,28H,19,21-22H2,1-7H3,(H,33,37)/t28-/m1/s1. The molecule has 3 aromatic rings. The summed E-state index contributed by atoms with van der Waals surface area (Å²) < 4.78 is 37.9. The lowest BCUT2D eigenvalue weighted by Gasteiger charge is -2.35. The summed E-state index contributed by atoms with van der Waals surface area (Å²) in [7, 11) is -1.04. The van der Waals surface area contributed by atoms with Crippen LogP contribution in [0.15, 0.2) is 72.8 Å². The van der Waals surface area contributed by atoms with E-state index in [1.807, 2.05) is 82.3 Å². The zero-order valence-corrected chi connectivity index (χ0v) is 26.2. The van der Waals surface area contributed by atoms with Gasteiger partial charge in [0, 0.05) is 24.6 Å². The van der Waals surface area contributed by atoms with Crippen molar-refractivity contribution in [3.63, 3.8) is 0 Å². The highest BCUT2D eigenvalue weighted by Crippen LogP contribution is 2.34. The summed E-state index contributed by atoms with van der Waals surface area (Å²) in [6.07, 6.45) is 1.27. The highest BCUT2D eigenvalue weighted by Gasteiger charge is 2.35. The minimum absolute atomic E-state index is 0.109. The maximum Gasteiger partial charge on any atom is 0.244 e.